The number of unbranched alkanes of at least 4 members (excludes halogenated alkanes) is 4. The number of allylic oxidation sites excluding steroid dienone is 5. The maximum Gasteiger partial charge on any atom is 0.303 e. The van der Waals surface area contributed by atoms with Gasteiger partial charge in [-0.05, 0) is 25.7 Å². The Balaban J connectivity index is 3.65. The molecule has 0 aliphatic carbocycles. The van der Waals surface area contributed by atoms with Gasteiger partial charge in [0.15, 0.2) is 0 Å². The number of rotatable bonds is 14. The van der Waals surface area contributed by atoms with Gasteiger partial charge >= 0.3 is 5.97 Å². The highest BCUT2D eigenvalue weighted by Gasteiger charge is 2.03. The summed E-state index contributed by atoms with van der Waals surface area (Å²) in [6.07, 6.45) is 19.5. The zero-order valence-corrected chi connectivity index (χ0v) is 13.6. The van der Waals surface area contributed by atoms with Crippen molar-refractivity contribution in [3.8, 4) is 0 Å². The molecule has 0 spiro atoms. The number of hydrogen-bond donors (Lipinski definition) is 2. The highest BCUT2D eigenvalue weighted by molar-refractivity contribution is 5.66. The summed E-state index contributed by atoms with van der Waals surface area (Å²) in [6, 6.07) is 0. The molecule has 1 unspecified atom stereocenters. The van der Waals surface area contributed by atoms with Crippen molar-refractivity contribution in [3.63, 3.8) is 0 Å². The van der Waals surface area contributed by atoms with E-state index in [1.54, 1.807) is 0 Å². The van der Waals surface area contributed by atoms with E-state index in [9.17, 15) is 4.79 Å². The van der Waals surface area contributed by atoms with Gasteiger partial charge in [-0.1, -0.05) is 69.1 Å². The fourth-order valence-corrected chi connectivity index (χ4v) is 2.02. The fraction of sp³-hybridized carbons (Fsp3) is 0.611. The summed E-state index contributed by atoms with van der Waals surface area (Å²) in [5.74, 6) is -0.725. The number of hydrogen-bond acceptors (Lipinski definition) is 3. The second-order valence-electron chi connectivity index (χ2n) is 5.27. The average molecular weight is 310 g/mol. The van der Waals surface area contributed by atoms with E-state index in [0.29, 0.717) is 0 Å². The Labute approximate surface area is 134 Å². The molecule has 0 aliphatic rings. The lowest BCUT2D eigenvalue weighted by Crippen LogP contribution is -2.06. The second kappa shape index (κ2) is 16.0. The lowest BCUT2D eigenvalue weighted by Gasteiger charge is -2.08. The van der Waals surface area contributed by atoms with Crippen LogP contribution in [0, 0.1) is 0 Å². The SMILES string of the molecule is CC/C=C\C/C=C\C=C\C(CCCCCCCC(=O)O)OO. The molecule has 1 atom stereocenters. The lowest BCUT2D eigenvalue weighted by molar-refractivity contribution is -0.267. The molecular weight excluding hydrogens is 280 g/mol. The third-order valence-corrected chi connectivity index (χ3v) is 3.26. The minimum atomic E-state index is -0.725. The third-order valence-electron chi connectivity index (χ3n) is 3.26. The normalized spacial score (nSPS) is 13.5. The molecule has 0 radical (unpaired) electrons. The average Bonchev–Trinajstić information content (AvgIpc) is 2.50. The van der Waals surface area contributed by atoms with E-state index < -0.39 is 5.97 Å². The molecule has 0 fully saturated rings. The first kappa shape index (κ1) is 20.6. The van der Waals surface area contributed by atoms with E-state index in [1.165, 1.54) is 0 Å². The summed E-state index contributed by atoms with van der Waals surface area (Å²) in [6.45, 7) is 2.11. The predicted octanol–water partition coefficient (Wildman–Crippen LogP) is 5.13. The van der Waals surface area contributed by atoms with Crippen LogP contribution in [0.4, 0.5) is 0 Å². The minimum Gasteiger partial charge on any atom is -0.481 e. The van der Waals surface area contributed by atoms with Crippen LogP contribution in [0.15, 0.2) is 36.5 Å². The van der Waals surface area contributed by atoms with Crippen molar-refractivity contribution >= 4 is 5.97 Å². The van der Waals surface area contributed by atoms with Gasteiger partial charge in [-0.15, -0.1) is 0 Å². The number of carboxylic acid groups (broad SMARTS) is 1. The highest BCUT2D eigenvalue weighted by atomic mass is 17.1. The molecule has 0 aromatic heterocycles. The van der Waals surface area contributed by atoms with Gasteiger partial charge < -0.3 is 5.11 Å². The molecule has 126 valence electrons. The Morgan fingerprint density at radius 1 is 1.05 bits per heavy atom. The Kier molecular flexibility index (Phi) is 15.0. The van der Waals surface area contributed by atoms with Crippen molar-refractivity contribution < 1.29 is 20.0 Å². The van der Waals surface area contributed by atoms with E-state index in [4.69, 9.17) is 10.4 Å². The summed E-state index contributed by atoms with van der Waals surface area (Å²) in [7, 11) is 0. The monoisotopic (exact) mass is 310 g/mol. The van der Waals surface area contributed by atoms with E-state index in [-0.39, 0.29) is 12.5 Å². The molecular formula is C18H30O4. The number of carbonyl (C=O) groups is 1. The smallest absolute Gasteiger partial charge is 0.303 e. The fourth-order valence-electron chi connectivity index (χ4n) is 2.02. The molecule has 2 N–H and O–H groups in total. The van der Waals surface area contributed by atoms with E-state index >= 15 is 0 Å². The van der Waals surface area contributed by atoms with Crippen LogP contribution < -0.4 is 0 Å². The first-order chi connectivity index (χ1) is 10.7. The van der Waals surface area contributed by atoms with Crippen molar-refractivity contribution in [2.45, 2.75) is 70.8 Å². The van der Waals surface area contributed by atoms with Crippen molar-refractivity contribution in [1.29, 1.82) is 0 Å². The predicted molar refractivity (Wildman–Crippen MR) is 89.8 cm³/mol. The van der Waals surface area contributed by atoms with Gasteiger partial charge in [0.25, 0.3) is 0 Å². The summed E-state index contributed by atoms with van der Waals surface area (Å²) < 4.78 is 0. The molecule has 0 aromatic rings. The largest absolute Gasteiger partial charge is 0.481 e. The van der Waals surface area contributed by atoms with Gasteiger partial charge in [0.2, 0.25) is 0 Å². The zero-order valence-electron chi connectivity index (χ0n) is 13.6. The van der Waals surface area contributed by atoms with Crippen LogP contribution in [-0.4, -0.2) is 22.4 Å². The highest BCUT2D eigenvalue weighted by Crippen LogP contribution is 2.11. The quantitative estimate of drug-likeness (QED) is 0.153. The molecule has 0 aromatic carbocycles. The molecule has 0 amide bonds. The summed E-state index contributed by atoms with van der Waals surface area (Å²) in [5, 5.41) is 17.4. The number of aliphatic carboxylic acids is 1. The zero-order chi connectivity index (χ0) is 16.5. The van der Waals surface area contributed by atoms with Gasteiger partial charge in [-0.25, -0.2) is 4.89 Å². The van der Waals surface area contributed by atoms with Crippen LogP contribution in [0.3, 0.4) is 0 Å². The first-order valence-corrected chi connectivity index (χ1v) is 8.21. The topological polar surface area (TPSA) is 66.8 Å². The van der Waals surface area contributed by atoms with Crippen LogP contribution in [0.25, 0.3) is 0 Å². The van der Waals surface area contributed by atoms with Crippen molar-refractivity contribution in [2.24, 2.45) is 0 Å². The van der Waals surface area contributed by atoms with Gasteiger partial charge in [0.05, 0.1) is 0 Å². The molecule has 0 heterocycles. The minimum absolute atomic E-state index is 0.255. The standard InChI is InChI=1S/C18H30O4/c1-2-3-4-5-6-8-11-14-17(22-21)15-12-9-7-10-13-16-18(19)20/h3-4,6,8,11,14,17,21H,2,5,7,9-10,12-13,15-16H2,1H3,(H,19,20)/b4-3-,8-6-,14-11+. The van der Waals surface area contributed by atoms with Gasteiger partial charge in [-0.3, -0.25) is 10.1 Å². The molecule has 4 heteroatoms. The maximum absolute atomic E-state index is 10.4. The van der Waals surface area contributed by atoms with Crippen molar-refractivity contribution in [3.05, 3.63) is 36.5 Å². The molecule has 4 nitrogen and oxygen atoms in total. The summed E-state index contributed by atoms with van der Waals surface area (Å²) >= 11 is 0. The van der Waals surface area contributed by atoms with Crippen molar-refractivity contribution in [2.75, 3.05) is 0 Å². The molecule has 0 aliphatic heterocycles. The molecule has 0 saturated carbocycles. The summed E-state index contributed by atoms with van der Waals surface area (Å²) in [5.41, 5.74) is 0. The van der Waals surface area contributed by atoms with Crippen LogP contribution >= 0.6 is 0 Å². The van der Waals surface area contributed by atoms with E-state index in [2.05, 4.69) is 30.0 Å². The van der Waals surface area contributed by atoms with Gasteiger partial charge in [0.1, 0.15) is 6.10 Å². The van der Waals surface area contributed by atoms with E-state index in [0.717, 1.165) is 51.4 Å². The summed E-state index contributed by atoms with van der Waals surface area (Å²) in [4.78, 5) is 14.8. The first-order valence-electron chi connectivity index (χ1n) is 8.21. The Morgan fingerprint density at radius 2 is 1.77 bits per heavy atom. The Bertz CT molecular complexity index is 345. The molecule has 22 heavy (non-hydrogen) atoms. The Morgan fingerprint density at radius 3 is 2.45 bits per heavy atom. The van der Waals surface area contributed by atoms with Gasteiger partial charge in [0, 0.05) is 6.42 Å². The lowest BCUT2D eigenvalue weighted by atomic mass is 10.1. The molecule has 0 saturated heterocycles. The van der Waals surface area contributed by atoms with Gasteiger partial charge in [-0.2, -0.15) is 0 Å². The Hall–Kier alpha value is -1.39. The molecule has 0 rings (SSSR count). The second-order valence-corrected chi connectivity index (χ2v) is 5.27. The van der Waals surface area contributed by atoms with Crippen molar-refractivity contribution in [1.82, 2.24) is 0 Å². The maximum atomic E-state index is 10.4. The number of carboxylic acids is 1. The van der Waals surface area contributed by atoms with E-state index in [1.807, 2.05) is 18.2 Å². The van der Waals surface area contributed by atoms with Crippen LogP contribution in [0.5, 0.6) is 0 Å². The van der Waals surface area contributed by atoms with Crippen LogP contribution in [0.1, 0.15) is 64.7 Å². The molecule has 0 bridgehead atoms. The van der Waals surface area contributed by atoms with Crippen LogP contribution in [-0.2, 0) is 9.68 Å². The third kappa shape index (κ3) is 15.0. The van der Waals surface area contributed by atoms with Crippen LogP contribution in [0.2, 0.25) is 0 Å².